The Bertz CT molecular complexity index is 487. The predicted octanol–water partition coefficient (Wildman–Crippen LogP) is 0.835. The van der Waals surface area contributed by atoms with Crippen LogP contribution in [0.25, 0.3) is 0 Å². The number of hydrogen-bond donors (Lipinski definition) is 4. The Morgan fingerprint density at radius 3 is 2.11 bits per heavy atom. The van der Waals surface area contributed by atoms with Crippen LogP contribution in [-0.2, 0) is 4.79 Å². The Labute approximate surface area is 103 Å². The van der Waals surface area contributed by atoms with Crippen LogP contribution in [0.1, 0.15) is 29.6 Å². The molecule has 0 radical (unpaired) electrons. The summed E-state index contributed by atoms with van der Waals surface area (Å²) < 4.78 is 0. The van der Waals surface area contributed by atoms with E-state index in [0.29, 0.717) is 12.8 Å². The smallest absolute Gasteiger partial charge is 0.329 e. The highest BCUT2D eigenvalue weighted by Crippen LogP contribution is 2.34. The molecule has 0 unspecified atom stereocenters. The van der Waals surface area contributed by atoms with Crippen LogP contribution in [0.3, 0.4) is 0 Å². The molecule has 18 heavy (non-hydrogen) atoms. The number of nitrogens with one attached hydrogen (secondary N) is 1. The van der Waals surface area contributed by atoms with Gasteiger partial charge in [-0.1, -0.05) is 6.07 Å². The van der Waals surface area contributed by atoms with Crippen LogP contribution in [0.15, 0.2) is 18.2 Å². The molecule has 1 aliphatic rings. The van der Waals surface area contributed by atoms with Crippen molar-refractivity contribution in [2.45, 2.75) is 24.8 Å². The van der Waals surface area contributed by atoms with Gasteiger partial charge in [0.15, 0.2) is 0 Å². The van der Waals surface area contributed by atoms with Gasteiger partial charge in [-0.15, -0.1) is 0 Å². The van der Waals surface area contributed by atoms with Crippen molar-refractivity contribution in [3.63, 3.8) is 0 Å². The normalized spacial score (nSPS) is 16.7. The second-order valence-corrected chi connectivity index (χ2v) is 4.37. The van der Waals surface area contributed by atoms with Gasteiger partial charge in [0.1, 0.15) is 22.6 Å². The Morgan fingerprint density at radius 1 is 1.17 bits per heavy atom. The first-order valence-electron chi connectivity index (χ1n) is 5.53. The Kier molecular flexibility index (Phi) is 2.86. The molecule has 0 atom stereocenters. The highest BCUT2D eigenvalue weighted by molar-refractivity contribution is 6.02. The van der Waals surface area contributed by atoms with Gasteiger partial charge in [0.25, 0.3) is 5.91 Å². The van der Waals surface area contributed by atoms with Crippen molar-refractivity contribution in [2.75, 3.05) is 0 Å². The van der Waals surface area contributed by atoms with E-state index in [0.717, 1.165) is 6.42 Å². The van der Waals surface area contributed by atoms with Gasteiger partial charge in [-0.2, -0.15) is 0 Å². The molecular weight excluding hydrogens is 238 g/mol. The number of carboxylic acid groups (broad SMARTS) is 1. The number of hydrogen-bond acceptors (Lipinski definition) is 4. The third-order valence-corrected chi connectivity index (χ3v) is 3.22. The van der Waals surface area contributed by atoms with Gasteiger partial charge in [0.2, 0.25) is 0 Å². The molecule has 1 aromatic carbocycles. The number of amides is 1. The van der Waals surface area contributed by atoms with Gasteiger partial charge in [-0.25, -0.2) is 4.79 Å². The van der Waals surface area contributed by atoms with E-state index >= 15 is 0 Å². The molecule has 0 heterocycles. The Morgan fingerprint density at radius 2 is 1.72 bits per heavy atom. The number of carbonyl (C=O) groups excluding carboxylic acids is 1. The second kappa shape index (κ2) is 4.21. The summed E-state index contributed by atoms with van der Waals surface area (Å²) in [6, 6.07) is 3.89. The van der Waals surface area contributed by atoms with Crippen LogP contribution in [0.2, 0.25) is 0 Å². The molecule has 96 valence electrons. The summed E-state index contributed by atoms with van der Waals surface area (Å²) in [6.07, 6.45) is 1.42. The van der Waals surface area contributed by atoms with Gasteiger partial charge >= 0.3 is 5.97 Å². The van der Waals surface area contributed by atoms with Crippen LogP contribution < -0.4 is 5.32 Å². The van der Waals surface area contributed by atoms with E-state index in [4.69, 9.17) is 5.11 Å². The summed E-state index contributed by atoms with van der Waals surface area (Å²) >= 11 is 0. The highest BCUT2D eigenvalue weighted by atomic mass is 16.4. The summed E-state index contributed by atoms with van der Waals surface area (Å²) in [6.45, 7) is 0. The summed E-state index contributed by atoms with van der Waals surface area (Å²) in [5.74, 6) is -2.65. The fourth-order valence-corrected chi connectivity index (χ4v) is 1.96. The standard InChI is InChI=1S/C12H13NO5/c14-7-3-1-4-8(15)9(7)10(16)13-12(11(17)18)5-2-6-12/h1,3-4,14-15H,2,5-6H2,(H,13,16)(H,17,18). The number of aromatic hydroxyl groups is 2. The minimum Gasteiger partial charge on any atom is -0.507 e. The Hall–Kier alpha value is -2.24. The van der Waals surface area contributed by atoms with Crippen LogP contribution in [-0.4, -0.2) is 32.7 Å². The number of phenolic OH excluding ortho intramolecular Hbond substituents is 2. The maximum absolute atomic E-state index is 11.9. The SMILES string of the molecule is O=C(NC1(C(=O)O)CCC1)c1c(O)cccc1O. The van der Waals surface area contributed by atoms with Crippen LogP contribution in [0, 0.1) is 0 Å². The minimum atomic E-state index is -1.27. The third-order valence-electron chi connectivity index (χ3n) is 3.22. The van der Waals surface area contributed by atoms with E-state index in [1.807, 2.05) is 0 Å². The fraction of sp³-hybridized carbons (Fsp3) is 0.333. The molecule has 0 aromatic heterocycles. The second-order valence-electron chi connectivity index (χ2n) is 4.37. The monoisotopic (exact) mass is 251 g/mol. The first-order valence-corrected chi connectivity index (χ1v) is 5.53. The summed E-state index contributed by atoms with van der Waals surface area (Å²) in [5, 5.41) is 30.5. The van der Waals surface area contributed by atoms with Crippen molar-refractivity contribution in [1.29, 1.82) is 0 Å². The maximum atomic E-state index is 11.9. The van der Waals surface area contributed by atoms with Gasteiger partial charge < -0.3 is 20.6 Å². The number of carboxylic acids is 1. The third kappa shape index (κ3) is 1.85. The van der Waals surface area contributed by atoms with Gasteiger partial charge in [-0.3, -0.25) is 4.79 Å². The maximum Gasteiger partial charge on any atom is 0.329 e. The number of carbonyl (C=O) groups is 2. The first kappa shape index (κ1) is 12.2. The zero-order valence-electron chi connectivity index (χ0n) is 9.51. The minimum absolute atomic E-state index is 0.301. The quantitative estimate of drug-likeness (QED) is 0.636. The molecule has 1 amide bonds. The van der Waals surface area contributed by atoms with E-state index in [1.54, 1.807) is 0 Å². The lowest BCUT2D eigenvalue weighted by atomic mass is 9.76. The molecule has 1 saturated carbocycles. The lowest BCUT2D eigenvalue weighted by Crippen LogP contribution is -2.59. The molecular formula is C12H13NO5. The molecule has 6 heteroatoms. The molecule has 1 aliphatic carbocycles. The number of phenols is 2. The van der Waals surface area contributed by atoms with Gasteiger partial charge in [0.05, 0.1) is 0 Å². The van der Waals surface area contributed by atoms with Crippen molar-refractivity contribution in [2.24, 2.45) is 0 Å². The topological polar surface area (TPSA) is 107 Å². The summed E-state index contributed by atoms with van der Waals surface area (Å²) in [7, 11) is 0. The number of rotatable bonds is 3. The van der Waals surface area contributed by atoms with E-state index < -0.39 is 17.4 Å². The molecule has 6 nitrogen and oxygen atoms in total. The van der Waals surface area contributed by atoms with Crippen molar-refractivity contribution < 1.29 is 24.9 Å². The van der Waals surface area contributed by atoms with Crippen LogP contribution in [0.5, 0.6) is 11.5 Å². The fourth-order valence-electron chi connectivity index (χ4n) is 1.96. The molecule has 4 N–H and O–H groups in total. The van der Waals surface area contributed by atoms with Crippen molar-refractivity contribution >= 4 is 11.9 Å². The van der Waals surface area contributed by atoms with Gasteiger partial charge in [0, 0.05) is 0 Å². The van der Waals surface area contributed by atoms with Crippen LogP contribution in [0.4, 0.5) is 0 Å². The van der Waals surface area contributed by atoms with Crippen molar-refractivity contribution in [3.05, 3.63) is 23.8 Å². The van der Waals surface area contributed by atoms with Crippen LogP contribution >= 0.6 is 0 Å². The molecule has 1 fully saturated rings. The van der Waals surface area contributed by atoms with E-state index in [9.17, 15) is 19.8 Å². The highest BCUT2D eigenvalue weighted by Gasteiger charge is 2.46. The molecule has 0 spiro atoms. The van der Waals surface area contributed by atoms with E-state index in [2.05, 4.69) is 5.32 Å². The zero-order chi connectivity index (χ0) is 13.3. The first-order chi connectivity index (χ1) is 8.46. The number of benzene rings is 1. The van der Waals surface area contributed by atoms with E-state index in [1.165, 1.54) is 18.2 Å². The van der Waals surface area contributed by atoms with Crippen molar-refractivity contribution in [3.8, 4) is 11.5 Å². The average molecular weight is 251 g/mol. The van der Waals surface area contributed by atoms with Crippen molar-refractivity contribution in [1.82, 2.24) is 5.32 Å². The molecule has 0 bridgehead atoms. The van der Waals surface area contributed by atoms with E-state index in [-0.39, 0.29) is 17.1 Å². The average Bonchev–Trinajstić information content (AvgIpc) is 2.22. The summed E-state index contributed by atoms with van der Waals surface area (Å²) in [4.78, 5) is 23.0. The molecule has 2 rings (SSSR count). The summed E-state index contributed by atoms with van der Waals surface area (Å²) in [5.41, 5.74) is -1.57. The lowest BCUT2D eigenvalue weighted by Gasteiger charge is -2.38. The molecule has 0 aliphatic heterocycles. The molecule has 0 saturated heterocycles. The molecule has 1 aromatic rings. The predicted molar refractivity (Wildman–Crippen MR) is 61.5 cm³/mol. The number of aliphatic carboxylic acids is 1. The lowest BCUT2D eigenvalue weighted by molar-refractivity contribution is -0.148. The largest absolute Gasteiger partial charge is 0.507 e. The van der Waals surface area contributed by atoms with Gasteiger partial charge in [-0.05, 0) is 31.4 Å². The Balaban J connectivity index is 2.25. The zero-order valence-corrected chi connectivity index (χ0v) is 9.51.